The van der Waals surface area contributed by atoms with Gasteiger partial charge in [0.2, 0.25) is 5.69 Å². The molecule has 22 heavy (non-hydrogen) atoms. The van der Waals surface area contributed by atoms with E-state index in [0.29, 0.717) is 10.4 Å². The first kappa shape index (κ1) is 12.7. The summed E-state index contributed by atoms with van der Waals surface area (Å²) in [4.78, 5) is 3.20. The van der Waals surface area contributed by atoms with Gasteiger partial charge in [0.1, 0.15) is 12.2 Å². The molecule has 1 N–H and O–H groups in total. The summed E-state index contributed by atoms with van der Waals surface area (Å²) in [6.45, 7) is 3.44. The van der Waals surface area contributed by atoms with Gasteiger partial charge in [-0.3, -0.25) is 0 Å². The number of aromatic nitrogens is 1. The minimum atomic E-state index is 0.546. The fourth-order valence-corrected chi connectivity index (χ4v) is 2.94. The van der Waals surface area contributed by atoms with Gasteiger partial charge in [0.05, 0.1) is 0 Å². The Balaban J connectivity index is 1.96. The largest absolute Gasteiger partial charge is 0.619 e. The smallest absolute Gasteiger partial charge is 0.240 e. The van der Waals surface area contributed by atoms with Crippen molar-refractivity contribution in [3.63, 3.8) is 0 Å². The van der Waals surface area contributed by atoms with Crippen molar-refractivity contribution >= 4 is 34.1 Å². The maximum atomic E-state index is 11.6. The van der Waals surface area contributed by atoms with Gasteiger partial charge in [-0.25, -0.2) is 0 Å². The lowest BCUT2D eigenvalue weighted by Crippen LogP contribution is -1.90. The molecule has 1 aromatic heterocycles. The summed E-state index contributed by atoms with van der Waals surface area (Å²) in [5.41, 5.74) is 3.58. The standard InChI is InChI=1S/C19H14N2O/c1-21(22)18-8-4-7-16-17(12-20-19(16)18)15-10-9-13-5-2-3-6-14(13)11-15/h2-12,20H,1H2. The Kier molecular flexibility index (Phi) is 2.73. The molecule has 0 saturated carbocycles. The molecule has 0 aliphatic carbocycles. The van der Waals surface area contributed by atoms with Crippen LogP contribution >= 0.6 is 0 Å². The second-order valence-electron chi connectivity index (χ2n) is 5.34. The summed E-state index contributed by atoms with van der Waals surface area (Å²) in [5, 5.41) is 15.0. The van der Waals surface area contributed by atoms with Crippen molar-refractivity contribution < 1.29 is 4.74 Å². The molecule has 0 unspecified atom stereocenters. The number of nitrogens with zero attached hydrogens (tertiary/aromatic N) is 1. The molecule has 3 nitrogen and oxygen atoms in total. The van der Waals surface area contributed by atoms with E-state index in [1.165, 1.54) is 10.8 Å². The lowest BCUT2D eigenvalue weighted by Gasteiger charge is -2.04. The zero-order valence-corrected chi connectivity index (χ0v) is 11.9. The first-order chi connectivity index (χ1) is 10.7. The highest BCUT2D eigenvalue weighted by molar-refractivity contribution is 6.01. The maximum absolute atomic E-state index is 11.6. The summed E-state index contributed by atoms with van der Waals surface area (Å²) in [6, 6.07) is 20.3. The Morgan fingerprint density at radius 2 is 1.73 bits per heavy atom. The van der Waals surface area contributed by atoms with E-state index in [0.717, 1.165) is 22.0 Å². The normalized spacial score (nSPS) is 11.1. The number of benzene rings is 3. The fraction of sp³-hybridized carbons (Fsp3) is 0. The number of hydrogen-bond donors (Lipinski definition) is 1. The quantitative estimate of drug-likeness (QED) is 0.244. The lowest BCUT2D eigenvalue weighted by molar-refractivity contribution is -0.348. The molecule has 3 aromatic carbocycles. The van der Waals surface area contributed by atoms with Crippen molar-refractivity contribution in [1.82, 2.24) is 4.98 Å². The van der Waals surface area contributed by atoms with Crippen molar-refractivity contribution in [3.05, 3.63) is 72.1 Å². The highest BCUT2D eigenvalue weighted by Gasteiger charge is 2.13. The second-order valence-corrected chi connectivity index (χ2v) is 5.34. The lowest BCUT2D eigenvalue weighted by atomic mass is 10.0. The Hall–Kier alpha value is -3.07. The van der Waals surface area contributed by atoms with E-state index in [2.05, 4.69) is 42.0 Å². The number of rotatable bonds is 2. The van der Waals surface area contributed by atoms with Crippen molar-refractivity contribution in [3.8, 4) is 11.1 Å². The molecule has 0 bridgehead atoms. The first-order valence-corrected chi connectivity index (χ1v) is 7.11. The predicted molar refractivity (Wildman–Crippen MR) is 91.6 cm³/mol. The number of aromatic amines is 1. The van der Waals surface area contributed by atoms with Gasteiger partial charge in [-0.1, -0.05) is 48.5 Å². The van der Waals surface area contributed by atoms with Crippen molar-refractivity contribution in [2.45, 2.75) is 0 Å². The van der Waals surface area contributed by atoms with Crippen LogP contribution in [-0.4, -0.2) is 16.4 Å². The molecule has 0 radical (unpaired) electrons. The van der Waals surface area contributed by atoms with Crippen LogP contribution in [0.15, 0.2) is 66.9 Å². The van der Waals surface area contributed by atoms with Gasteiger partial charge in [0.15, 0.2) is 0 Å². The van der Waals surface area contributed by atoms with Gasteiger partial charge in [-0.15, -0.1) is 0 Å². The highest BCUT2D eigenvalue weighted by Crippen LogP contribution is 2.34. The summed E-state index contributed by atoms with van der Waals surface area (Å²) in [7, 11) is 0. The van der Waals surface area contributed by atoms with E-state index in [4.69, 9.17) is 0 Å². The number of fused-ring (bicyclic) bond motifs is 2. The molecule has 0 amide bonds. The topological polar surface area (TPSA) is 41.9 Å². The minimum absolute atomic E-state index is 0.546. The number of H-pyrrole nitrogens is 1. The molecular formula is C19H14N2O. The Morgan fingerprint density at radius 3 is 2.55 bits per heavy atom. The summed E-state index contributed by atoms with van der Waals surface area (Å²) in [6.07, 6.45) is 1.95. The van der Waals surface area contributed by atoms with Gasteiger partial charge in [-0.05, 0) is 22.4 Å². The van der Waals surface area contributed by atoms with Crippen molar-refractivity contribution in [2.75, 3.05) is 0 Å². The molecule has 0 atom stereocenters. The monoisotopic (exact) mass is 286 g/mol. The molecule has 106 valence electrons. The van der Waals surface area contributed by atoms with Crippen LogP contribution in [0.3, 0.4) is 0 Å². The second kappa shape index (κ2) is 4.74. The Labute approximate surface area is 127 Å². The summed E-state index contributed by atoms with van der Waals surface area (Å²) < 4.78 is 0.642. The van der Waals surface area contributed by atoms with Crippen LogP contribution in [0.2, 0.25) is 0 Å². The van der Waals surface area contributed by atoms with Crippen LogP contribution in [0.1, 0.15) is 0 Å². The van der Waals surface area contributed by atoms with Crippen LogP contribution in [0.4, 0.5) is 5.69 Å². The number of hydrogen-bond acceptors (Lipinski definition) is 1. The van der Waals surface area contributed by atoms with Gasteiger partial charge in [-0.2, -0.15) is 4.74 Å². The van der Waals surface area contributed by atoms with Gasteiger partial charge < -0.3 is 10.2 Å². The number of para-hydroxylation sites is 1. The SMILES string of the molecule is C=[N+]([O-])c1cccc2c(-c3ccc4ccccc4c3)c[nH]c12. The van der Waals surface area contributed by atoms with Crippen LogP contribution in [0, 0.1) is 5.21 Å². The third-order valence-electron chi connectivity index (χ3n) is 4.02. The molecule has 1 heterocycles. The molecule has 3 heteroatoms. The molecule has 4 rings (SSSR count). The summed E-state index contributed by atoms with van der Waals surface area (Å²) >= 11 is 0. The maximum Gasteiger partial charge on any atom is 0.240 e. The van der Waals surface area contributed by atoms with Gasteiger partial charge >= 0.3 is 0 Å². The molecule has 0 fully saturated rings. The van der Waals surface area contributed by atoms with E-state index in [9.17, 15) is 5.21 Å². The van der Waals surface area contributed by atoms with E-state index < -0.39 is 0 Å². The zero-order valence-electron chi connectivity index (χ0n) is 11.9. The molecule has 0 aliphatic heterocycles. The van der Waals surface area contributed by atoms with Crippen LogP contribution in [-0.2, 0) is 0 Å². The molecule has 0 aliphatic rings. The Morgan fingerprint density at radius 1 is 0.909 bits per heavy atom. The van der Waals surface area contributed by atoms with Crippen LogP contribution < -0.4 is 0 Å². The van der Waals surface area contributed by atoms with Crippen LogP contribution in [0.25, 0.3) is 32.8 Å². The minimum Gasteiger partial charge on any atom is -0.619 e. The van der Waals surface area contributed by atoms with Crippen molar-refractivity contribution in [2.24, 2.45) is 0 Å². The molecule has 0 saturated heterocycles. The average molecular weight is 286 g/mol. The van der Waals surface area contributed by atoms with Crippen LogP contribution in [0.5, 0.6) is 0 Å². The number of nitrogens with one attached hydrogen (secondary N) is 1. The summed E-state index contributed by atoms with van der Waals surface area (Å²) in [5.74, 6) is 0. The third-order valence-corrected chi connectivity index (χ3v) is 4.02. The first-order valence-electron chi connectivity index (χ1n) is 7.11. The predicted octanol–water partition coefficient (Wildman–Crippen LogP) is 4.83. The van der Waals surface area contributed by atoms with Crippen molar-refractivity contribution in [1.29, 1.82) is 0 Å². The average Bonchev–Trinajstić information content (AvgIpc) is 2.98. The molecule has 0 spiro atoms. The van der Waals surface area contributed by atoms with E-state index >= 15 is 0 Å². The van der Waals surface area contributed by atoms with Gasteiger partial charge in [0.25, 0.3) is 0 Å². The van der Waals surface area contributed by atoms with E-state index in [-0.39, 0.29) is 0 Å². The molecular weight excluding hydrogens is 272 g/mol. The fourth-order valence-electron chi connectivity index (χ4n) is 2.94. The molecule has 4 aromatic rings. The van der Waals surface area contributed by atoms with E-state index in [1.807, 2.05) is 30.5 Å². The van der Waals surface area contributed by atoms with Gasteiger partial charge in [0, 0.05) is 23.2 Å². The third kappa shape index (κ3) is 1.87. The zero-order chi connectivity index (χ0) is 15.1. The highest BCUT2D eigenvalue weighted by atomic mass is 16.5. The Bertz CT molecular complexity index is 1010. The van der Waals surface area contributed by atoms with E-state index in [1.54, 1.807) is 6.07 Å².